The smallest absolute Gasteiger partial charge is 0.101 e. The van der Waals surface area contributed by atoms with E-state index in [0.29, 0.717) is 0 Å². The van der Waals surface area contributed by atoms with E-state index < -0.39 is 4.65 Å². The maximum absolute atomic E-state index is 3.24. The molecule has 0 bridgehead atoms. The lowest BCUT2D eigenvalue weighted by atomic mass is 28.0. The summed E-state index contributed by atoms with van der Waals surface area (Å²) in [6.45, 7) is 0. The zero-order valence-electron chi connectivity index (χ0n) is 1.71. The maximum atomic E-state index is 3.24. The molecule has 0 aliphatic rings. The molecule has 0 atom stereocenters. The molecule has 4 heavy (non-hydrogen) atoms. The molecule has 26 valence electrons. The minimum Gasteiger partial charge on any atom is -0.101 e. The van der Waals surface area contributed by atoms with Gasteiger partial charge in [-0.2, -0.15) is 0 Å². The summed E-state index contributed by atoms with van der Waals surface area (Å²) in [6.07, 6.45) is 0. The van der Waals surface area contributed by atoms with E-state index in [2.05, 4.69) is 45.9 Å². The second-order valence-corrected chi connectivity index (χ2v) is 20.0. The summed E-state index contributed by atoms with van der Waals surface area (Å²) in [7, 11) is 0. The highest BCUT2D eigenvalue weighted by molar-refractivity contribution is 9.69. The first-order valence-corrected chi connectivity index (χ1v) is 10.2. The Morgan fingerprint density at radius 3 is 1.00 bits per heavy atom. The van der Waals surface area contributed by atoms with Gasteiger partial charge in [0.25, 0.3) is 4.65 Å². The average Bonchev–Trinajstić information content (AvgIpc) is 0.811. The van der Waals surface area contributed by atoms with Gasteiger partial charge in [-0.3, -0.25) is 0 Å². The van der Waals surface area contributed by atoms with Gasteiger partial charge in [0.2, 0.25) is 0 Å². The van der Waals surface area contributed by atoms with Gasteiger partial charge in [0, 0.05) is 0 Å². The molecular formula is HBr3Si. The predicted octanol–water partition coefficient (Wildman–Crippen LogP) is 1.89. The highest BCUT2D eigenvalue weighted by atomic mass is 80.0. The molecule has 0 amide bonds. The first kappa shape index (κ1) is 5.66. The van der Waals surface area contributed by atoms with E-state index in [1.165, 1.54) is 0 Å². The molecule has 0 saturated carbocycles. The van der Waals surface area contributed by atoms with Gasteiger partial charge in [-0.1, -0.05) is 0 Å². The number of hydrogen-bond acceptors (Lipinski definition) is 0. The van der Waals surface area contributed by atoms with Crippen LogP contribution in [0.1, 0.15) is 0 Å². The highest BCUT2D eigenvalue weighted by Crippen LogP contribution is 2.07. The molecule has 0 aromatic heterocycles. The third-order valence-corrected chi connectivity index (χ3v) is 0. The zero-order chi connectivity index (χ0) is 3.58. The van der Waals surface area contributed by atoms with Gasteiger partial charge in [0.05, 0.1) is 0 Å². The molecule has 0 fully saturated rings. The van der Waals surface area contributed by atoms with Gasteiger partial charge in [-0.25, -0.2) is 0 Å². The Morgan fingerprint density at radius 2 is 1.00 bits per heavy atom. The fourth-order valence-electron chi connectivity index (χ4n) is 0. The van der Waals surface area contributed by atoms with Crippen LogP contribution in [-0.4, -0.2) is 4.65 Å². The summed E-state index contributed by atoms with van der Waals surface area (Å²) >= 11 is 9.73. The number of rotatable bonds is 0. The van der Waals surface area contributed by atoms with Crippen LogP contribution in [0.4, 0.5) is 0 Å². The molecule has 0 rings (SSSR count). The van der Waals surface area contributed by atoms with Crippen LogP contribution in [0.25, 0.3) is 0 Å². The SMILES string of the molecule is Br[SiH](Br)Br. The molecule has 0 N–H and O–H groups in total. The Bertz CT molecular complexity index is 8.00. The lowest BCUT2D eigenvalue weighted by molar-refractivity contribution is 4.99. The summed E-state index contributed by atoms with van der Waals surface area (Å²) in [4.78, 5) is 0. The van der Waals surface area contributed by atoms with Crippen molar-refractivity contribution in [3.63, 3.8) is 0 Å². The van der Waals surface area contributed by atoms with Crippen LogP contribution in [0, 0.1) is 0 Å². The van der Waals surface area contributed by atoms with Crippen LogP contribution in [0.15, 0.2) is 0 Å². The van der Waals surface area contributed by atoms with E-state index in [-0.39, 0.29) is 0 Å². The van der Waals surface area contributed by atoms with Crippen LogP contribution in [0.3, 0.4) is 0 Å². The first-order chi connectivity index (χ1) is 1.73. The molecule has 0 aromatic carbocycles. The third kappa shape index (κ3) is 9.40. The summed E-state index contributed by atoms with van der Waals surface area (Å²) in [5, 5.41) is 0. The normalized spacial score (nSPS) is 9.00. The van der Waals surface area contributed by atoms with Crippen molar-refractivity contribution in [1.82, 2.24) is 0 Å². The molecule has 0 spiro atoms. The van der Waals surface area contributed by atoms with Crippen molar-refractivity contribution in [3.8, 4) is 0 Å². The van der Waals surface area contributed by atoms with E-state index in [4.69, 9.17) is 0 Å². The van der Waals surface area contributed by atoms with Crippen LogP contribution in [0.5, 0.6) is 0 Å². The Morgan fingerprint density at radius 1 is 1.00 bits per heavy atom. The summed E-state index contributed by atoms with van der Waals surface area (Å²) in [5.74, 6) is 0. The van der Waals surface area contributed by atoms with Crippen molar-refractivity contribution in [2.24, 2.45) is 0 Å². The second kappa shape index (κ2) is 2.87. The van der Waals surface area contributed by atoms with Gasteiger partial charge >= 0.3 is 0 Å². The quantitative estimate of drug-likeness (QED) is 0.465. The van der Waals surface area contributed by atoms with Gasteiger partial charge in [0.1, 0.15) is 0 Å². The lowest BCUT2D eigenvalue weighted by Crippen LogP contribution is -1.60. The number of halogens is 3. The van der Waals surface area contributed by atoms with E-state index >= 15 is 0 Å². The van der Waals surface area contributed by atoms with E-state index in [9.17, 15) is 0 Å². The van der Waals surface area contributed by atoms with E-state index in [1.54, 1.807) is 0 Å². The largest absolute Gasteiger partial charge is 0.253 e. The van der Waals surface area contributed by atoms with Gasteiger partial charge in [-0.05, 0) is 0 Å². The van der Waals surface area contributed by atoms with Crippen LogP contribution in [-0.2, 0) is 0 Å². The molecular weight excluding hydrogens is 268 g/mol. The fourth-order valence-corrected chi connectivity index (χ4v) is 0. The molecule has 0 unspecified atom stereocenters. The van der Waals surface area contributed by atoms with E-state index in [0.717, 1.165) is 0 Å². The highest BCUT2D eigenvalue weighted by Gasteiger charge is 1.82. The van der Waals surface area contributed by atoms with Crippen molar-refractivity contribution in [2.45, 2.75) is 0 Å². The molecule has 0 saturated heterocycles. The monoisotopic (exact) mass is 266 g/mol. The second-order valence-electron chi connectivity index (χ2n) is 0.247. The first-order valence-electron chi connectivity index (χ1n) is 0.655. The van der Waals surface area contributed by atoms with Crippen LogP contribution in [0.2, 0.25) is 0 Å². The molecule has 0 aromatic rings. The fraction of sp³-hybridized carbons (Fsp3) is 0. The molecule has 0 radical (unpaired) electrons. The molecule has 0 nitrogen and oxygen atoms in total. The summed E-state index contributed by atoms with van der Waals surface area (Å²) in [6, 6.07) is 0. The topological polar surface area (TPSA) is 0 Å². The number of hydrogen-bond donors (Lipinski definition) is 0. The minimum absolute atomic E-state index is 0.701. The third-order valence-electron chi connectivity index (χ3n) is 0. The standard InChI is InChI=1S/Br3HSi/c1-4(2)3/h4H. The molecule has 4 heteroatoms. The van der Waals surface area contributed by atoms with Crippen molar-refractivity contribution in [1.29, 1.82) is 0 Å². The van der Waals surface area contributed by atoms with Crippen molar-refractivity contribution >= 4 is 50.5 Å². The van der Waals surface area contributed by atoms with Gasteiger partial charge in [0.15, 0.2) is 0 Å². The summed E-state index contributed by atoms with van der Waals surface area (Å²) in [5.41, 5.74) is 0. The minimum atomic E-state index is -0.701. The zero-order valence-corrected chi connectivity index (χ0v) is 7.62. The van der Waals surface area contributed by atoms with Crippen molar-refractivity contribution in [2.75, 3.05) is 0 Å². The average molecular weight is 269 g/mol. The van der Waals surface area contributed by atoms with Crippen LogP contribution >= 0.6 is 45.9 Å². The Hall–Kier alpha value is 1.66. The molecule has 0 aliphatic carbocycles. The Balaban J connectivity index is 2.32. The molecule has 0 aliphatic heterocycles. The maximum Gasteiger partial charge on any atom is 0.253 e. The van der Waals surface area contributed by atoms with Crippen molar-refractivity contribution < 1.29 is 0 Å². The van der Waals surface area contributed by atoms with Gasteiger partial charge in [-0.15, -0.1) is 45.9 Å². The van der Waals surface area contributed by atoms with Gasteiger partial charge < -0.3 is 0 Å². The Labute approximate surface area is 50.3 Å². The lowest BCUT2D eigenvalue weighted by Gasteiger charge is -1.66. The van der Waals surface area contributed by atoms with Crippen LogP contribution < -0.4 is 0 Å². The van der Waals surface area contributed by atoms with E-state index in [1.807, 2.05) is 0 Å². The predicted molar refractivity (Wildman–Crippen MR) is 33.9 cm³/mol. The Kier molecular flexibility index (Phi) is 4.06. The summed E-state index contributed by atoms with van der Waals surface area (Å²) < 4.78 is -0.701. The molecule has 0 heterocycles. The van der Waals surface area contributed by atoms with Crippen molar-refractivity contribution in [3.05, 3.63) is 0 Å².